The van der Waals surface area contributed by atoms with E-state index < -0.39 is 5.60 Å². The smallest absolute Gasteiger partial charge is 0.147 e. The van der Waals surface area contributed by atoms with E-state index in [-0.39, 0.29) is 12.0 Å². The second-order valence-electron chi connectivity index (χ2n) is 6.15. The molecule has 2 aliphatic rings. The molecule has 1 N–H and O–H groups in total. The lowest BCUT2D eigenvalue weighted by molar-refractivity contribution is -0.108. The van der Waals surface area contributed by atoms with Crippen LogP contribution in [0, 0.1) is 5.92 Å². The van der Waals surface area contributed by atoms with E-state index in [2.05, 4.69) is 9.88 Å². The summed E-state index contributed by atoms with van der Waals surface area (Å²) in [4.78, 5) is 6.59. The molecule has 1 aromatic heterocycles. The third kappa shape index (κ3) is 3.00. The Morgan fingerprint density at radius 2 is 2.29 bits per heavy atom. The molecule has 3 atom stereocenters. The maximum Gasteiger partial charge on any atom is 0.147 e. The number of halogens is 2. The van der Waals surface area contributed by atoms with E-state index >= 15 is 0 Å². The summed E-state index contributed by atoms with van der Waals surface area (Å²) < 4.78 is 5.60. The quantitative estimate of drug-likeness (QED) is 0.904. The molecule has 2 saturated heterocycles. The van der Waals surface area contributed by atoms with Crippen LogP contribution >= 0.6 is 23.2 Å². The van der Waals surface area contributed by atoms with Crippen molar-refractivity contribution in [3.05, 3.63) is 22.3 Å². The monoisotopic (exact) mass is 330 g/mol. The van der Waals surface area contributed by atoms with Gasteiger partial charge in [0.2, 0.25) is 0 Å². The average Bonchev–Trinajstić information content (AvgIpc) is 2.87. The van der Waals surface area contributed by atoms with Crippen LogP contribution in [0.4, 0.5) is 5.82 Å². The molecule has 2 fully saturated rings. The number of hydrogen-bond donors (Lipinski definition) is 1. The van der Waals surface area contributed by atoms with Gasteiger partial charge in [-0.15, -0.1) is 0 Å². The Kier molecular flexibility index (Phi) is 4.33. The molecular formula is C15H20Cl2N2O2. The fourth-order valence-electron chi connectivity index (χ4n) is 3.47. The zero-order valence-electron chi connectivity index (χ0n) is 12.1. The van der Waals surface area contributed by atoms with E-state index in [0.717, 1.165) is 25.2 Å². The van der Waals surface area contributed by atoms with E-state index in [1.54, 1.807) is 12.3 Å². The van der Waals surface area contributed by atoms with Gasteiger partial charge in [-0.05, 0) is 32.3 Å². The molecule has 21 heavy (non-hydrogen) atoms. The standard InChI is InChI=1S/C15H20Cl2N2O2/c1-15(20)4-6-21-9-11(15)13-3-2-5-19(13)14-12(17)7-10(16)8-18-14/h7-8,11,13,20H,2-6,9H2,1H3/t11-,13-,15-/m0/s1. The van der Waals surface area contributed by atoms with Crippen LogP contribution in [0.25, 0.3) is 0 Å². The zero-order chi connectivity index (χ0) is 15.0. The molecule has 0 saturated carbocycles. The number of aliphatic hydroxyl groups is 1. The molecule has 0 unspecified atom stereocenters. The van der Waals surface area contributed by atoms with Gasteiger partial charge in [-0.1, -0.05) is 23.2 Å². The summed E-state index contributed by atoms with van der Waals surface area (Å²) in [5.41, 5.74) is -0.704. The third-order valence-corrected chi connectivity index (χ3v) is 5.16. The van der Waals surface area contributed by atoms with Crippen LogP contribution < -0.4 is 4.90 Å². The van der Waals surface area contributed by atoms with E-state index in [4.69, 9.17) is 27.9 Å². The Hall–Kier alpha value is -0.550. The van der Waals surface area contributed by atoms with Crippen molar-refractivity contribution in [2.24, 2.45) is 5.92 Å². The number of nitrogens with zero attached hydrogens (tertiary/aromatic N) is 2. The van der Waals surface area contributed by atoms with E-state index in [1.165, 1.54) is 0 Å². The van der Waals surface area contributed by atoms with Crippen LogP contribution in [0.1, 0.15) is 26.2 Å². The molecule has 2 aliphatic heterocycles. The summed E-state index contributed by atoms with van der Waals surface area (Å²) in [6, 6.07) is 1.92. The number of rotatable bonds is 2. The fraction of sp³-hybridized carbons (Fsp3) is 0.667. The van der Waals surface area contributed by atoms with Crippen molar-refractivity contribution >= 4 is 29.0 Å². The Morgan fingerprint density at radius 3 is 3.00 bits per heavy atom. The molecule has 0 aliphatic carbocycles. The Morgan fingerprint density at radius 1 is 1.48 bits per heavy atom. The van der Waals surface area contributed by atoms with Crippen molar-refractivity contribution in [1.82, 2.24) is 4.98 Å². The Balaban J connectivity index is 1.88. The molecule has 3 heterocycles. The number of aromatic nitrogens is 1. The summed E-state index contributed by atoms with van der Waals surface area (Å²) in [6.07, 6.45) is 4.38. The van der Waals surface area contributed by atoms with Gasteiger partial charge in [-0.25, -0.2) is 4.98 Å². The van der Waals surface area contributed by atoms with Crippen LogP contribution in [0.5, 0.6) is 0 Å². The molecule has 0 radical (unpaired) electrons. The molecule has 0 amide bonds. The Labute approximate surface area is 135 Å². The third-order valence-electron chi connectivity index (χ3n) is 4.67. The predicted molar refractivity (Wildman–Crippen MR) is 84.2 cm³/mol. The van der Waals surface area contributed by atoms with E-state index in [0.29, 0.717) is 29.7 Å². The minimum Gasteiger partial charge on any atom is -0.390 e. The topological polar surface area (TPSA) is 45.6 Å². The largest absolute Gasteiger partial charge is 0.390 e. The van der Waals surface area contributed by atoms with Crippen LogP contribution in [-0.2, 0) is 4.74 Å². The molecule has 6 heteroatoms. The van der Waals surface area contributed by atoms with Crippen molar-refractivity contribution < 1.29 is 9.84 Å². The highest BCUT2D eigenvalue weighted by Crippen LogP contribution is 2.39. The molecule has 116 valence electrons. The molecule has 0 aromatic carbocycles. The SMILES string of the molecule is C[C@]1(O)CCOC[C@H]1[C@@H]1CCCN1c1ncc(Cl)cc1Cl. The highest BCUT2D eigenvalue weighted by Gasteiger charge is 2.44. The predicted octanol–water partition coefficient (Wildman–Crippen LogP) is 3.14. The minimum atomic E-state index is -0.704. The van der Waals surface area contributed by atoms with Gasteiger partial charge in [0.05, 0.1) is 22.3 Å². The molecule has 1 aromatic rings. The zero-order valence-corrected chi connectivity index (χ0v) is 13.6. The summed E-state index contributed by atoms with van der Waals surface area (Å²) in [7, 11) is 0. The van der Waals surface area contributed by atoms with Crippen molar-refractivity contribution in [3.8, 4) is 0 Å². The van der Waals surface area contributed by atoms with Gasteiger partial charge < -0.3 is 14.7 Å². The second-order valence-corrected chi connectivity index (χ2v) is 6.99. The number of ether oxygens (including phenoxy) is 1. The molecule has 4 nitrogen and oxygen atoms in total. The van der Waals surface area contributed by atoms with Crippen molar-refractivity contribution in [3.63, 3.8) is 0 Å². The lowest BCUT2D eigenvalue weighted by Gasteiger charge is -2.43. The highest BCUT2D eigenvalue weighted by molar-refractivity contribution is 6.36. The van der Waals surface area contributed by atoms with Gasteiger partial charge in [0.25, 0.3) is 0 Å². The van der Waals surface area contributed by atoms with Crippen LogP contribution in [0.3, 0.4) is 0 Å². The number of pyridine rings is 1. The molecule has 3 rings (SSSR count). The minimum absolute atomic E-state index is 0.0716. The average molecular weight is 331 g/mol. The van der Waals surface area contributed by atoms with Crippen LogP contribution in [0.15, 0.2) is 12.3 Å². The second kappa shape index (κ2) is 5.92. The lowest BCUT2D eigenvalue weighted by Crippen LogP contribution is -2.52. The van der Waals surface area contributed by atoms with Crippen molar-refractivity contribution in [2.45, 2.75) is 37.8 Å². The normalized spacial score (nSPS) is 33.4. The first kappa shape index (κ1) is 15.3. The fourth-order valence-corrected chi connectivity index (χ4v) is 3.96. The van der Waals surface area contributed by atoms with Gasteiger partial charge in [0.15, 0.2) is 0 Å². The summed E-state index contributed by atoms with van der Waals surface area (Å²) >= 11 is 12.2. The molecular weight excluding hydrogens is 311 g/mol. The first-order chi connectivity index (χ1) is 9.99. The van der Waals surface area contributed by atoms with Gasteiger partial charge in [0, 0.05) is 31.3 Å². The highest BCUT2D eigenvalue weighted by atomic mass is 35.5. The van der Waals surface area contributed by atoms with Crippen LogP contribution in [-0.4, -0.2) is 41.5 Å². The maximum atomic E-state index is 10.7. The first-order valence-electron chi connectivity index (χ1n) is 7.37. The van der Waals surface area contributed by atoms with Crippen molar-refractivity contribution in [1.29, 1.82) is 0 Å². The molecule has 0 spiro atoms. The maximum absolute atomic E-state index is 10.7. The first-order valence-corrected chi connectivity index (χ1v) is 8.12. The number of hydrogen-bond acceptors (Lipinski definition) is 4. The van der Waals surface area contributed by atoms with Gasteiger partial charge >= 0.3 is 0 Å². The summed E-state index contributed by atoms with van der Waals surface area (Å²) in [5, 5.41) is 11.8. The van der Waals surface area contributed by atoms with Gasteiger partial charge in [0.1, 0.15) is 5.82 Å². The number of anilines is 1. The summed E-state index contributed by atoms with van der Waals surface area (Å²) in [6.45, 7) is 4.01. The van der Waals surface area contributed by atoms with E-state index in [1.807, 2.05) is 6.92 Å². The summed E-state index contributed by atoms with van der Waals surface area (Å²) in [5.74, 6) is 0.826. The van der Waals surface area contributed by atoms with Crippen LogP contribution in [0.2, 0.25) is 10.0 Å². The Bertz CT molecular complexity index is 524. The molecule has 0 bridgehead atoms. The van der Waals surface area contributed by atoms with Gasteiger partial charge in [-0.3, -0.25) is 0 Å². The van der Waals surface area contributed by atoms with E-state index in [9.17, 15) is 5.11 Å². The van der Waals surface area contributed by atoms with Crippen molar-refractivity contribution in [2.75, 3.05) is 24.7 Å². The van der Waals surface area contributed by atoms with Gasteiger partial charge in [-0.2, -0.15) is 0 Å². The lowest BCUT2D eigenvalue weighted by atomic mass is 9.79.